The van der Waals surface area contributed by atoms with Crippen LogP contribution in [0, 0.1) is 0 Å². The number of fused-ring (bicyclic) bond motifs is 2. The molecular formula is C22H25F3N2O3. The number of para-hydroxylation sites is 1. The van der Waals surface area contributed by atoms with Gasteiger partial charge in [-0.15, -0.1) is 13.2 Å². The van der Waals surface area contributed by atoms with Crippen molar-refractivity contribution in [2.75, 3.05) is 7.05 Å². The van der Waals surface area contributed by atoms with E-state index in [0.29, 0.717) is 24.4 Å². The number of alkyl halides is 3. The van der Waals surface area contributed by atoms with Gasteiger partial charge in [0.1, 0.15) is 17.2 Å². The van der Waals surface area contributed by atoms with Crippen LogP contribution in [0.3, 0.4) is 0 Å². The summed E-state index contributed by atoms with van der Waals surface area (Å²) in [6.45, 7) is 0.291. The van der Waals surface area contributed by atoms with Crippen LogP contribution in [0.25, 0.3) is 11.3 Å². The van der Waals surface area contributed by atoms with E-state index >= 15 is 0 Å². The summed E-state index contributed by atoms with van der Waals surface area (Å²) in [4.78, 5) is 2.45. The molecule has 30 heavy (non-hydrogen) atoms. The summed E-state index contributed by atoms with van der Waals surface area (Å²) < 4.78 is 54.8. The van der Waals surface area contributed by atoms with E-state index in [0.717, 1.165) is 37.0 Å². The predicted molar refractivity (Wildman–Crippen MR) is 103 cm³/mol. The van der Waals surface area contributed by atoms with Gasteiger partial charge in [-0.3, -0.25) is 0 Å². The third-order valence-corrected chi connectivity index (χ3v) is 6.65. The molecule has 5 rings (SSSR count). The van der Waals surface area contributed by atoms with Gasteiger partial charge in [-0.05, 0) is 57.7 Å². The number of rotatable bonds is 6. The molecule has 1 aromatic heterocycles. The van der Waals surface area contributed by atoms with Crippen molar-refractivity contribution in [3.05, 3.63) is 35.6 Å². The van der Waals surface area contributed by atoms with E-state index in [2.05, 4.69) is 21.8 Å². The minimum absolute atomic E-state index is 0.148. The van der Waals surface area contributed by atoms with Crippen molar-refractivity contribution in [2.45, 2.75) is 75.6 Å². The van der Waals surface area contributed by atoms with Crippen molar-refractivity contribution < 1.29 is 27.2 Å². The fourth-order valence-corrected chi connectivity index (χ4v) is 4.91. The maximum atomic E-state index is 12.9. The van der Waals surface area contributed by atoms with Crippen LogP contribution in [-0.2, 0) is 11.3 Å². The SMILES string of the molecule is CN1[C@@H]2CC[C@H]1CC(OCc1c(-c3ccccc3OC(F)(F)F)noc1C1CC1)C2. The molecule has 2 saturated heterocycles. The van der Waals surface area contributed by atoms with Crippen LogP contribution in [0.2, 0.25) is 0 Å². The third-order valence-electron chi connectivity index (χ3n) is 6.65. The van der Waals surface area contributed by atoms with Crippen molar-refractivity contribution in [3.63, 3.8) is 0 Å². The fourth-order valence-electron chi connectivity index (χ4n) is 4.91. The lowest BCUT2D eigenvalue weighted by molar-refractivity contribution is -0.274. The van der Waals surface area contributed by atoms with Crippen LogP contribution in [0.4, 0.5) is 13.2 Å². The molecule has 0 N–H and O–H groups in total. The van der Waals surface area contributed by atoms with E-state index in [9.17, 15) is 13.2 Å². The number of nitrogens with zero attached hydrogens (tertiary/aromatic N) is 2. The van der Waals surface area contributed by atoms with Crippen LogP contribution in [0.5, 0.6) is 5.75 Å². The molecule has 3 heterocycles. The van der Waals surface area contributed by atoms with Gasteiger partial charge in [-0.1, -0.05) is 17.3 Å². The summed E-state index contributed by atoms with van der Waals surface area (Å²) in [6.07, 6.45) is 1.75. The quantitative estimate of drug-likeness (QED) is 0.636. The molecule has 8 heteroatoms. The minimum Gasteiger partial charge on any atom is -0.405 e. The van der Waals surface area contributed by atoms with Gasteiger partial charge in [-0.2, -0.15) is 0 Å². The van der Waals surface area contributed by atoms with E-state index in [-0.39, 0.29) is 23.3 Å². The summed E-state index contributed by atoms with van der Waals surface area (Å²) in [5, 5.41) is 4.15. The number of hydrogen-bond acceptors (Lipinski definition) is 5. The Morgan fingerprint density at radius 1 is 1.10 bits per heavy atom. The van der Waals surface area contributed by atoms with E-state index in [1.807, 2.05) is 0 Å². The Morgan fingerprint density at radius 3 is 2.47 bits per heavy atom. The molecule has 2 bridgehead atoms. The van der Waals surface area contributed by atoms with Crippen molar-refractivity contribution in [1.29, 1.82) is 0 Å². The molecule has 3 aliphatic rings. The Bertz CT molecular complexity index is 895. The number of piperidine rings is 1. The summed E-state index contributed by atoms with van der Waals surface area (Å²) in [7, 11) is 2.18. The van der Waals surface area contributed by atoms with Gasteiger partial charge in [0.15, 0.2) is 0 Å². The third kappa shape index (κ3) is 3.95. The number of benzene rings is 1. The van der Waals surface area contributed by atoms with Gasteiger partial charge in [0.05, 0.1) is 12.7 Å². The Balaban J connectivity index is 1.40. The average Bonchev–Trinajstić information content (AvgIpc) is 3.42. The molecule has 0 radical (unpaired) electrons. The van der Waals surface area contributed by atoms with Gasteiger partial charge in [-0.25, -0.2) is 0 Å². The van der Waals surface area contributed by atoms with Crippen LogP contribution in [0.1, 0.15) is 55.8 Å². The molecule has 0 amide bonds. The lowest BCUT2D eigenvalue weighted by Crippen LogP contribution is -2.42. The normalized spacial score (nSPS) is 26.9. The first kappa shape index (κ1) is 19.9. The first-order valence-corrected chi connectivity index (χ1v) is 10.6. The maximum Gasteiger partial charge on any atom is 0.573 e. The maximum absolute atomic E-state index is 12.9. The lowest BCUT2D eigenvalue weighted by atomic mass is 10.00. The zero-order valence-electron chi connectivity index (χ0n) is 16.8. The van der Waals surface area contributed by atoms with Crippen LogP contribution in [-0.4, -0.2) is 41.7 Å². The summed E-state index contributed by atoms with van der Waals surface area (Å²) >= 11 is 0. The molecule has 1 unspecified atom stereocenters. The number of aromatic nitrogens is 1. The lowest BCUT2D eigenvalue weighted by Gasteiger charge is -2.36. The molecule has 1 saturated carbocycles. The monoisotopic (exact) mass is 422 g/mol. The standard InChI is InChI=1S/C22H25F3N2O3/c1-27-14-8-9-15(27)11-16(10-14)28-12-18-20(26-30-21(18)13-6-7-13)17-4-2-3-5-19(17)29-22(23,24)25/h2-5,13-16H,6-12H2,1H3/t14-,15+,16?. The number of halogens is 3. The largest absolute Gasteiger partial charge is 0.573 e. The zero-order chi connectivity index (χ0) is 20.9. The van der Waals surface area contributed by atoms with E-state index in [1.54, 1.807) is 12.1 Å². The van der Waals surface area contributed by atoms with Crippen molar-refractivity contribution in [3.8, 4) is 17.0 Å². The molecule has 2 aliphatic heterocycles. The molecule has 5 nitrogen and oxygen atoms in total. The predicted octanol–water partition coefficient (Wildman–Crippen LogP) is 5.26. The summed E-state index contributed by atoms with van der Waals surface area (Å²) in [5.74, 6) is 0.733. The summed E-state index contributed by atoms with van der Waals surface area (Å²) in [5.41, 5.74) is 1.40. The van der Waals surface area contributed by atoms with Gasteiger partial charge in [0, 0.05) is 29.1 Å². The minimum atomic E-state index is -4.77. The first-order chi connectivity index (χ1) is 14.4. The Morgan fingerprint density at radius 2 is 1.80 bits per heavy atom. The van der Waals surface area contributed by atoms with Crippen LogP contribution < -0.4 is 4.74 Å². The molecule has 2 aromatic rings. The van der Waals surface area contributed by atoms with Crippen molar-refractivity contribution in [1.82, 2.24) is 10.1 Å². The van der Waals surface area contributed by atoms with Crippen LogP contribution in [0.15, 0.2) is 28.8 Å². The van der Waals surface area contributed by atoms with E-state index in [4.69, 9.17) is 9.26 Å². The van der Waals surface area contributed by atoms with Gasteiger partial charge >= 0.3 is 6.36 Å². The Labute approximate surface area is 173 Å². The van der Waals surface area contributed by atoms with Crippen molar-refractivity contribution >= 4 is 0 Å². The van der Waals surface area contributed by atoms with Gasteiger partial charge in [0.25, 0.3) is 0 Å². The van der Waals surface area contributed by atoms with E-state index in [1.165, 1.54) is 25.0 Å². The Kier molecular flexibility index (Phi) is 5.01. The van der Waals surface area contributed by atoms with Crippen molar-refractivity contribution in [2.24, 2.45) is 0 Å². The highest BCUT2D eigenvalue weighted by molar-refractivity contribution is 5.70. The molecular weight excluding hydrogens is 397 g/mol. The summed E-state index contributed by atoms with van der Waals surface area (Å²) in [6, 6.07) is 7.17. The van der Waals surface area contributed by atoms with Gasteiger partial charge < -0.3 is 18.9 Å². The zero-order valence-corrected chi connectivity index (χ0v) is 16.8. The van der Waals surface area contributed by atoms with Gasteiger partial charge in [0.2, 0.25) is 0 Å². The Hall–Kier alpha value is -2.06. The highest BCUT2D eigenvalue weighted by Crippen LogP contribution is 2.46. The highest BCUT2D eigenvalue weighted by Gasteiger charge is 2.40. The molecule has 1 aliphatic carbocycles. The molecule has 0 spiro atoms. The first-order valence-electron chi connectivity index (χ1n) is 10.6. The second-order valence-electron chi connectivity index (χ2n) is 8.65. The van der Waals surface area contributed by atoms with Crippen LogP contribution >= 0.6 is 0 Å². The smallest absolute Gasteiger partial charge is 0.405 e. The topological polar surface area (TPSA) is 47.7 Å². The highest BCUT2D eigenvalue weighted by atomic mass is 19.4. The molecule has 3 fully saturated rings. The molecule has 1 aromatic carbocycles. The second-order valence-corrected chi connectivity index (χ2v) is 8.65. The molecule has 3 atom stereocenters. The second kappa shape index (κ2) is 7.57. The van der Waals surface area contributed by atoms with E-state index < -0.39 is 6.36 Å². The molecule has 162 valence electrons. The average molecular weight is 422 g/mol. The number of ether oxygens (including phenoxy) is 2. The number of hydrogen-bond donors (Lipinski definition) is 0. The fraction of sp³-hybridized carbons (Fsp3) is 0.591.